The summed E-state index contributed by atoms with van der Waals surface area (Å²) in [5.74, 6) is 0.607. The standard InChI is InChI=1S/C23H24N2O2/c1-2-13-25(23(26)21-15-20(21)17-9-5-3-6-10-17)16-19-14-22(24-27-19)18-11-7-4-8-12-18/h2-12,19-21H,1,13-16H2/t19-,20-,21-/m0/s1. The second-order valence-electron chi connectivity index (χ2n) is 7.23. The van der Waals surface area contributed by atoms with E-state index in [9.17, 15) is 4.79 Å². The van der Waals surface area contributed by atoms with Crippen molar-refractivity contribution in [2.45, 2.75) is 24.9 Å². The maximum Gasteiger partial charge on any atom is 0.226 e. The van der Waals surface area contributed by atoms with E-state index >= 15 is 0 Å². The predicted octanol–water partition coefficient (Wildman–Crippen LogP) is 4.00. The molecule has 1 aliphatic heterocycles. The lowest BCUT2D eigenvalue weighted by molar-refractivity contribution is -0.133. The van der Waals surface area contributed by atoms with Crippen molar-refractivity contribution in [2.75, 3.05) is 13.1 Å². The SMILES string of the molecule is C=CCN(C[C@@H]1CC(c2ccccc2)=NO1)C(=O)[C@H]1C[C@H]1c1ccccc1. The third-order valence-corrected chi connectivity index (χ3v) is 5.26. The number of rotatable bonds is 7. The van der Waals surface area contributed by atoms with Crippen molar-refractivity contribution in [3.05, 3.63) is 84.4 Å². The summed E-state index contributed by atoms with van der Waals surface area (Å²) in [5, 5.41) is 4.24. The second-order valence-corrected chi connectivity index (χ2v) is 7.23. The Bertz CT molecular complexity index is 832. The molecule has 4 rings (SSSR count). The fourth-order valence-electron chi connectivity index (χ4n) is 3.75. The van der Waals surface area contributed by atoms with E-state index in [2.05, 4.69) is 23.9 Å². The van der Waals surface area contributed by atoms with Gasteiger partial charge in [0.25, 0.3) is 0 Å². The average molecular weight is 360 g/mol. The van der Waals surface area contributed by atoms with E-state index < -0.39 is 0 Å². The van der Waals surface area contributed by atoms with Crippen LogP contribution in [0.25, 0.3) is 0 Å². The number of oxime groups is 1. The van der Waals surface area contributed by atoms with Crippen LogP contribution in [0, 0.1) is 5.92 Å². The molecule has 0 bridgehead atoms. The lowest BCUT2D eigenvalue weighted by Gasteiger charge is -2.23. The Labute approximate surface area is 160 Å². The molecule has 0 unspecified atom stereocenters. The first-order chi connectivity index (χ1) is 13.3. The van der Waals surface area contributed by atoms with Crippen molar-refractivity contribution in [2.24, 2.45) is 11.1 Å². The highest BCUT2D eigenvalue weighted by Crippen LogP contribution is 2.48. The van der Waals surface area contributed by atoms with Gasteiger partial charge in [-0.15, -0.1) is 6.58 Å². The van der Waals surface area contributed by atoms with Gasteiger partial charge in [-0.05, 0) is 23.5 Å². The van der Waals surface area contributed by atoms with Crippen LogP contribution in [0.3, 0.4) is 0 Å². The number of hydrogen-bond acceptors (Lipinski definition) is 3. The second kappa shape index (κ2) is 7.78. The molecule has 2 aliphatic rings. The molecule has 27 heavy (non-hydrogen) atoms. The molecule has 138 valence electrons. The molecule has 1 saturated carbocycles. The first-order valence-electron chi connectivity index (χ1n) is 9.49. The van der Waals surface area contributed by atoms with Gasteiger partial charge >= 0.3 is 0 Å². The zero-order chi connectivity index (χ0) is 18.6. The Kier molecular flexibility index (Phi) is 5.05. The Hall–Kier alpha value is -2.88. The van der Waals surface area contributed by atoms with Gasteiger partial charge in [0.15, 0.2) is 6.10 Å². The van der Waals surface area contributed by atoms with Crippen LogP contribution in [-0.4, -0.2) is 35.7 Å². The molecule has 4 heteroatoms. The normalized spacial score (nSPS) is 23.3. The Morgan fingerprint density at radius 2 is 1.85 bits per heavy atom. The first-order valence-corrected chi connectivity index (χ1v) is 9.49. The monoisotopic (exact) mass is 360 g/mol. The van der Waals surface area contributed by atoms with Crippen LogP contribution in [0.5, 0.6) is 0 Å². The summed E-state index contributed by atoms with van der Waals surface area (Å²) in [6.45, 7) is 4.90. The van der Waals surface area contributed by atoms with E-state index in [-0.39, 0.29) is 17.9 Å². The number of benzene rings is 2. The van der Waals surface area contributed by atoms with Gasteiger partial charge in [0.2, 0.25) is 5.91 Å². The lowest BCUT2D eigenvalue weighted by Crippen LogP contribution is -2.39. The highest BCUT2D eigenvalue weighted by Gasteiger charge is 2.46. The molecule has 2 aromatic rings. The summed E-state index contributed by atoms with van der Waals surface area (Å²) in [6.07, 6.45) is 3.33. The van der Waals surface area contributed by atoms with Gasteiger partial charge in [-0.25, -0.2) is 0 Å². The van der Waals surface area contributed by atoms with Crippen LogP contribution < -0.4 is 0 Å². The molecule has 2 aromatic carbocycles. The third-order valence-electron chi connectivity index (χ3n) is 5.26. The van der Waals surface area contributed by atoms with Gasteiger partial charge in [0.1, 0.15) is 0 Å². The number of carbonyl (C=O) groups is 1. The molecule has 1 amide bonds. The molecule has 3 atom stereocenters. The molecule has 0 radical (unpaired) electrons. The maximum absolute atomic E-state index is 13.0. The van der Waals surface area contributed by atoms with Crippen molar-refractivity contribution >= 4 is 11.6 Å². The number of hydrogen-bond donors (Lipinski definition) is 0. The zero-order valence-electron chi connectivity index (χ0n) is 15.3. The number of nitrogens with zero attached hydrogens (tertiary/aromatic N) is 2. The summed E-state index contributed by atoms with van der Waals surface area (Å²) in [4.78, 5) is 20.5. The summed E-state index contributed by atoms with van der Waals surface area (Å²) in [5.41, 5.74) is 3.27. The van der Waals surface area contributed by atoms with Crippen molar-refractivity contribution < 1.29 is 9.63 Å². The molecular formula is C23H24N2O2. The number of carbonyl (C=O) groups excluding carboxylic acids is 1. The van der Waals surface area contributed by atoms with E-state index in [1.54, 1.807) is 6.08 Å². The maximum atomic E-state index is 13.0. The van der Waals surface area contributed by atoms with Crippen LogP contribution in [0.2, 0.25) is 0 Å². The van der Waals surface area contributed by atoms with Gasteiger partial charge < -0.3 is 9.74 Å². The van der Waals surface area contributed by atoms with Crippen molar-refractivity contribution in [1.29, 1.82) is 0 Å². The smallest absolute Gasteiger partial charge is 0.226 e. The number of amides is 1. The summed E-state index contributed by atoms with van der Waals surface area (Å²) in [7, 11) is 0. The minimum absolute atomic E-state index is 0.0725. The van der Waals surface area contributed by atoms with E-state index in [1.807, 2.05) is 53.4 Å². The van der Waals surface area contributed by atoms with E-state index in [0.717, 1.165) is 24.1 Å². The zero-order valence-corrected chi connectivity index (χ0v) is 15.3. The van der Waals surface area contributed by atoms with Crippen LogP contribution in [0.4, 0.5) is 0 Å². The highest BCUT2D eigenvalue weighted by molar-refractivity contribution is 6.01. The third kappa shape index (κ3) is 3.95. The Morgan fingerprint density at radius 1 is 1.15 bits per heavy atom. The molecule has 1 heterocycles. The molecule has 0 saturated heterocycles. The van der Waals surface area contributed by atoms with Gasteiger partial charge in [0, 0.05) is 18.9 Å². The van der Waals surface area contributed by atoms with Gasteiger partial charge in [-0.2, -0.15) is 0 Å². The molecule has 0 N–H and O–H groups in total. The van der Waals surface area contributed by atoms with Gasteiger partial charge in [-0.1, -0.05) is 71.9 Å². The molecule has 1 aliphatic carbocycles. The van der Waals surface area contributed by atoms with Crippen molar-refractivity contribution in [1.82, 2.24) is 4.90 Å². The molecule has 0 spiro atoms. The van der Waals surface area contributed by atoms with Crippen LogP contribution in [-0.2, 0) is 9.63 Å². The van der Waals surface area contributed by atoms with Crippen LogP contribution >= 0.6 is 0 Å². The quantitative estimate of drug-likeness (QED) is 0.701. The predicted molar refractivity (Wildman–Crippen MR) is 107 cm³/mol. The first kappa shape index (κ1) is 17.5. The van der Waals surface area contributed by atoms with Crippen LogP contribution in [0.15, 0.2) is 78.5 Å². The fourth-order valence-corrected chi connectivity index (χ4v) is 3.75. The van der Waals surface area contributed by atoms with Crippen molar-refractivity contribution in [3.63, 3.8) is 0 Å². The molecule has 1 fully saturated rings. The average Bonchev–Trinajstić information content (AvgIpc) is 3.39. The molecular weight excluding hydrogens is 336 g/mol. The molecule has 4 nitrogen and oxygen atoms in total. The van der Waals surface area contributed by atoms with E-state index in [1.165, 1.54) is 5.56 Å². The minimum Gasteiger partial charge on any atom is -0.390 e. The van der Waals surface area contributed by atoms with Gasteiger partial charge in [-0.3, -0.25) is 4.79 Å². The van der Waals surface area contributed by atoms with Gasteiger partial charge in [0.05, 0.1) is 12.3 Å². The Morgan fingerprint density at radius 3 is 2.56 bits per heavy atom. The summed E-state index contributed by atoms with van der Waals surface area (Å²) in [6, 6.07) is 20.3. The van der Waals surface area contributed by atoms with E-state index in [4.69, 9.17) is 4.84 Å². The van der Waals surface area contributed by atoms with E-state index in [0.29, 0.717) is 19.0 Å². The fraction of sp³-hybridized carbons (Fsp3) is 0.304. The summed E-state index contributed by atoms with van der Waals surface area (Å²) >= 11 is 0. The topological polar surface area (TPSA) is 41.9 Å². The molecule has 0 aromatic heterocycles. The van der Waals surface area contributed by atoms with Crippen molar-refractivity contribution in [3.8, 4) is 0 Å². The highest BCUT2D eigenvalue weighted by atomic mass is 16.6. The minimum atomic E-state index is -0.0990. The Balaban J connectivity index is 1.36. The summed E-state index contributed by atoms with van der Waals surface area (Å²) < 4.78 is 0. The lowest BCUT2D eigenvalue weighted by atomic mass is 10.0. The van der Waals surface area contributed by atoms with Crippen LogP contribution in [0.1, 0.15) is 29.9 Å². The largest absolute Gasteiger partial charge is 0.390 e.